The summed E-state index contributed by atoms with van der Waals surface area (Å²) in [7, 11) is 1.68. The summed E-state index contributed by atoms with van der Waals surface area (Å²) in [4.78, 5) is 54.8. The van der Waals surface area contributed by atoms with Crippen LogP contribution in [0.25, 0.3) is 11.3 Å². The second kappa shape index (κ2) is 11.7. The minimum Gasteiger partial charge on any atom is -0.477 e. The zero-order valence-electron chi connectivity index (χ0n) is 25.6. The largest absolute Gasteiger partial charge is 0.477 e. The Bertz CT molecular complexity index is 1480. The molecule has 1 aliphatic carbocycles. The van der Waals surface area contributed by atoms with Crippen LogP contribution in [-0.4, -0.2) is 112 Å². The summed E-state index contributed by atoms with van der Waals surface area (Å²) in [6, 6.07) is 5.40. The molecular formula is C31H38F3N7O4. The van der Waals surface area contributed by atoms with Gasteiger partial charge in [-0.15, -0.1) is 0 Å². The van der Waals surface area contributed by atoms with E-state index in [1.165, 1.54) is 0 Å². The van der Waals surface area contributed by atoms with E-state index in [0.717, 1.165) is 4.90 Å². The topological polar surface area (TPSA) is 111 Å². The number of urea groups is 1. The highest BCUT2D eigenvalue weighted by atomic mass is 19.4. The molecule has 4 fully saturated rings. The predicted octanol–water partition coefficient (Wildman–Crippen LogP) is 3.69. The van der Waals surface area contributed by atoms with Gasteiger partial charge >= 0.3 is 12.2 Å². The molecule has 2 aromatic rings. The second-order valence-electron chi connectivity index (χ2n) is 12.3. The van der Waals surface area contributed by atoms with Gasteiger partial charge in [-0.2, -0.15) is 13.2 Å². The van der Waals surface area contributed by atoms with Gasteiger partial charge in [0.15, 0.2) is 5.69 Å². The Morgan fingerprint density at radius 3 is 2.49 bits per heavy atom. The molecular weight excluding hydrogens is 591 g/mol. The smallest absolute Gasteiger partial charge is 0.411 e. The number of nitrogens with zero attached hydrogens (tertiary/aromatic N) is 6. The van der Waals surface area contributed by atoms with Crippen molar-refractivity contribution in [3.63, 3.8) is 0 Å². The highest BCUT2D eigenvalue weighted by Crippen LogP contribution is 2.51. The molecule has 242 valence electrons. The van der Waals surface area contributed by atoms with E-state index in [1.54, 1.807) is 47.3 Å². The molecule has 1 saturated carbocycles. The number of rotatable bonds is 8. The summed E-state index contributed by atoms with van der Waals surface area (Å²) in [6.07, 6.45) is -1.89. The van der Waals surface area contributed by atoms with E-state index < -0.39 is 35.7 Å². The Kier molecular flexibility index (Phi) is 8.02. The van der Waals surface area contributed by atoms with Gasteiger partial charge in [-0.1, -0.05) is 6.92 Å². The molecule has 0 aromatic carbocycles. The maximum absolute atomic E-state index is 14.2. The minimum atomic E-state index is -4.51. The van der Waals surface area contributed by atoms with Crippen LogP contribution in [0.5, 0.6) is 5.88 Å². The summed E-state index contributed by atoms with van der Waals surface area (Å²) in [5.41, 5.74) is -0.411. The molecule has 4 amide bonds. The van der Waals surface area contributed by atoms with Gasteiger partial charge < -0.3 is 29.7 Å². The Morgan fingerprint density at radius 2 is 1.87 bits per heavy atom. The number of likely N-dealkylation sites (N-methyl/N-ethyl adjacent to an activating group) is 1. The molecule has 0 spiro atoms. The molecule has 6 rings (SSSR count). The molecule has 3 aliphatic heterocycles. The summed E-state index contributed by atoms with van der Waals surface area (Å²) in [5.74, 6) is -0.165. The number of hydrogen-bond acceptors (Lipinski definition) is 7. The number of anilines is 1. The van der Waals surface area contributed by atoms with Crippen molar-refractivity contribution >= 4 is 23.5 Å². The first-order valence-corrected chi connectivity index (χ1v) is 15.5. The molecule has 5 heterocycles. The van der Waals surface area contributed by atoms with Crippen LogP contribution in [0.2, 0.25) is 0 Å². The van der Waals surface area contributed by atoms with Crippen LogP contribution in [0.4, 0.5) is 23.7 Å². The van der Waals surface area contributed by atoms with Crippen molar-refractivity contribution < 1.29 is 32.3 Å². The standard InChI is InChI=1S/C31H38F3N7O4/c1-4-20-16-40-21(18-41(29(40)44)30(11-7-12-30)31(32,33)34)17-39(20)24-10-9-23(22-8-6-13-35-28(22)45-5-2)37-26(24)27(43)36-19-14-25(42)38(3)15-19/h6,8-10,13,19-21H,4-5,7,11-12,14-18H2,1-3H3,(H,36,43)/t19-,20-,21+/m1/s1. The van der Waals surface area contributed by atoms with E-state index in [0.29, 0.717) is 48.8 Å². The van der Waals surface area contributed by atoms with Crippen molar-refractivity contribution in [1.82, 2.24) is 30.0 Å². The van der Waals surface area contributed by atoms with Gasteiger partial charge in [0.05, 0.1) is 35.6 Å². The van der Waals surface area contributed by atoms with Crippen LogP contribution >= 0.6 is 0 Å². The maximum Gasteiger partial charge on any atom is 0.411 e. The van der Waals surface area contributed by atoms with Gasteiger partial charge in [0.1, 0.15) is 5.54 Å². The fraction of sp³-hybridized carbons (Fsp3) is 0.581. The fourth-order valence-electron chi connectivity index (χ4n) is 7.06. The van der Waals surface area contributed by atoms with E-state index in [2.05, 4.69) is 10.3 Å². The van der Waals surface area contributed by atoms with Gasteiger partial charge in [0, 0.05) is 51.9 Å². The number of hydrogen-bond donors (Lipinski definition) is 1. The van der Waals surface area contributed by atoms with Crippen LogP contribution in [-0.2, 0) is 4.79 Å². The number of nitrogens with one attached hydrogen (secondary N) is 1. The minimum absolute atomic E-state index is 0.0394. The number of ether oxygens (including phenoxy) is 1. The summed E-state index contributed by atoms with van der Waals surface area (Å²) >= 11 is 0. The lowest BCUT2D eigenvalue weighted by molar-refractivity contribution is -0.245. The molecule has 14 heteroatoms. The van der Waals surface area contributed by atoms with E-state index in [-0.39, 0.29) is 56.5 Å². The molecule has 0 unspecified atom stereocenters. The first-order valence-electron chi connectivity index (χ1n) is 15.5. The zero-order valence-corrected chi connectivity index (χ0v) is 25.6. The van der Waals surface area contributed by atoms with Crippen molar-refractivity contribution in [1.29, 1.82) is 0 Å². The van der Waals surface area contributed by atoms with Crippen molar-refractivity contribution in [2.45, 2.75) is 75.8 Å². The van der Waals surface area contributed by atoms with E-state index in [4.69, 9.17) is 9.72 Å². The quantitative estimate of drug-likeness (QED) is 0.474. The Balaban J connectivity index is 1.35. The number of halogens is 3. The number of aromatic nitrogens is 2. The van der Waals surface area contributed by atoms with Gasteiger partial charge in [-0.05, 0) is 56.9 Å². The lowest BCUT2D eigenvalue weighted by atomic mass is 9.74. The first kappa shape index (κ1) is 30.9. The second-order valence-corrected chi connectivity index (χ2v) is 12.3. The molecule has 11 nitrogen and oxygen atoms in total. The maximum atomic E-state index is 14.2. The molecule has 3 atom stereocenters. The molecule has 3 saturated heterocycles. The molecule has 0 radical (unpaired) electrons. The molecule has 4 aliphatic rings. The van der Waals surface area contributed by atoms with Crippen molar-refractivity contribution in [3.05, 3.63) is 36.2 Å². The average Bonchev–Trinajstić information content (AvgIpc) is 3.47. The first-order chi connectivity index (χ1) is 21.5. The van der Waals surface area contributed by atoms with E-state index in [1.807, 2.05) is 18.7 Å². The Hall–Kier alpha value is -4.10. The van der Waals surface area contributed by atoms with Crippen molar-refractivity contribution in [2.24, 2.45) is 0 Å². The number of carbonyl (C=O) groups is 3. The number of amides is 4. The summed E-state index contributed by atoms with van der Waals surface area (Å²) in [6.45, 7) is 4.98. The van der Waals surface area contributed by atoms with Gasteiger partial charge in [0.2, 0.25) is 11.8 Å². The number of carbonyl (C=O) groups excluding carboxylic acids is 3. The average molecular weight is 630 g/mol. The Labute approximate surface area is 259 Å². The molecule has 0 bridgehead atoms. The van der Waals surface area contributed by atoms with Crippen LogP contribution in [0.15, 0.2) is 30.5 Å². The number of likely N-dealkylation sites (tertiary alicyclic amines) is 1. The van der Waals surface area contributed by atoms with Gasteiger partial charge in [-0.25, -0.2) is 14.8 Å². The monoisotopic (exact) mass is 629 g/mol. The molecule has 1 N–H and O–H groups in total. The lowest BCUT2D eigenvalue weighted by Gasteiger charge is -2.48. The van der Waals surface area contributed by atoms with Crippen LogP contribution in [0.3, 0.4) is 0 Å². The fourth-order valence-corrected chi connectivity index (χ4v) is 7.06. The number of pyridine rings is 2. The number of piperazine rings is 1. The molecule has 2 aromatic heterocycles. The van der Waals surface area contributed by atoms with Crippen molar-refractivity contribution in [2.75, 3.05) is 44.7 Å². The van der Waals surface area contributed by atoms with Crippen LogP contribution in [0, 0.1) is 0 Å². The highest BCUT2D eigenvalue weighted by molar-refractivity contribution is 5.99. The Morgan fingerprint density at radius 1 is 1.09 bits per heavy atom. The zero-order chi connectivity index (χ0) is 32.1. The van der Waals surface area contributed by atoms with Crippen LogP contribution in [0.1, 0.15) is 56.4 Å². The third kappa shape index (κ3) is 5.31. The summed E-state index contributed by atoms with van der Waals surface area (Å²) < 4.78 is 48.4. The lowest BCUT2D eigenvalue weighted by Crippen LogP contribution is -2.64. The summed E-state index contributed by atoms with van der Waals surface area (Å²) in [5, 5.41) is 2.96. The molecule has 45 heavy (non-hydrogen) atoms. The SMILES string of the molecule is CCOc1ncccc1-c1ccc(N2C[C@H]3CN(C4(C(F)(F)F)CCC4)C(=O)N3C[C@H]2CC)c(C(=O)N[C@@H]2CC(=O)N(C)C2)n1. The normalized spacial score (nSPS) is 24.5. The predicted molar refractivity (Wildman–Crippen MR) is 159 cm³/mol. The third-order valence-corrected chi connectivity index (χ3v) is 9.67. The van der Waals surface area contributed by atoms with Crippen molar-refractivity contribution in [3.8, 4) is 17.1 Å². The van der Waals surface area contributed by atoms with Gasteiger partial charge in [-0.3, -0.25) is 9.59 Å². The number of alkyl halides is 3. The van der Waals surface area contributed by atoms with E-state index in [9.17, 15) is 27.6 Å². The van der Waals surface area contributed by atoms with Crippen LogP contribution < -0.4 is 15.0 Å². The third-order valence-electron chi connectivity index (χ3n) is 9.67. The highest BCUT2D eigenvalue weighted by Gasteiger charge is 2.66. The van der Waals surface area contributed by atoms with E-state index >= 15 is 0 Å². The number of fused-ring (bicyclic) bond motifs is 1. The van der Waals surface area contributed by atoms with Gasteiger partial charge in [0.25, 0.3) is 5.91 Å².